The molecule has 1 aromatic carbocycles. The molecule has 0 fully saturated rings. The zero-order valence-corrected chi connectivity index (χ0v) is 14.5. The third kappa shape index (κ3) is 3.36. The van der Waals surface area contributed by atoms with Crippen LogP contribution in [0.3, 0.4) is 0 Å². The highest BCUT2D eigenvalue weighted by atomic mass is 32.2. The summed E-state index contributed by atoms with van der Waals surface area (Å²) < 4.78 is 65.9. The molecule has 0 amide bonds. The Balaban J connectivity index is 2.11. The number of alkyl halides is 3. The lowest BCUT2D eigenvalue weighted by Gasteiger charge is -2.23. The van der Waals surface area contributed by atoms with Gasteiger partial charge in [-0.05, 0) is 48.4 Å². The number of sulfonamides is 1. The van der Waals surface area contributed by atoms with E-state index in [0.29, 0.717) is 5.56 Å². The first-order valence-corrected chi connectivity index (χ1v) is 9.16. The maximum atomic E-state index is 13.0. The number of hydrogen-bond acceptors (Lipinski definition) is 4. The molecule has 1 aliphatic heterocycles. The van der Waals surface area contributed by atoms with Crippen molar-refractivity contribution in [1.82, 2.24) is 9.29 Å². The van der Waals surface area contributed by atoms with Gasteiger partial charge in [-0.1, -0.05) is 0 Å². The van der Waals surface area contributed by atoms with Gasteiger partial charge in [0.25, 0.3) is 0 Å². The van der Waals surface area contributed by atoms with E-state index in [1.807, 2.05) is 0 Å². The number of carbonyl (C=O) groups excluding carboxylic acids is 1. The van der Waals surface area contributed by atoms with E-state index in [4.69, 9.17) is 0 Å². The molecule has 26 heavy (non-hydrogen) atoms. The molecule has 2 heterocycles. The van der Waals surface area contributed by atoms with Crippen LogP contribution in [0.2, 0.25) is 0 Å². The molecule has 0 radical (unpaired) electrons. The Hall–Kier alpha value is -2.26. The molecule has 1 aliphatic rings. The van der Waals surface area contributed by atoms with E-state index in [2.05, 4.69) is 4.98 Å². The van der Waals surface area contributed by atoms with Gasteiger partial charge < -0.3 is 0 Å². The van der Waals surface area contributed by atoms with E-state index >= 15 is 0 Å². The molecular formula is C17H15F3N2O3S. The summed E-state index contributed by atoms with van der Waals surface area (Å²) in [4.78, 5) is 15.3. The topological polar surface area (TPSA) is 67.3 Å². The Morgan fingerprint density at radius 2 is 1.85 bits per heavy atom. The zero-order valence-electron chi connectivity index (χ0n) is 13.7. The highest BCUT2D eigenvalue weighted by molar-refractivity contribution is 7.89. The number of fused-ring (bicyclic) bond motifs is 1. The lowest BCUT2D eigenvalue weighted by Crippen LogP contribution is -2.29. The van der Waals surface area contributed by atoms with Gasteiger partial charge in [0.1, 0.15) is 5.78 Å². The minimum atomic E-state index is -4.60. The predicted octanol–water partition coefficient (Wildman–Crippen LogP) is 3.33. The molecule has 1 atom stereocenters. The number of aromatic nitrogens is 1. The molecule has 2 aromatic rings. The van der Waals surface area contributed by atoms with Crippen molar-refractivity contribution in [2.45, 2.75) is 37.0 Å². The summed E-state index contributed by atoms with van der Waals surface area (Å²) in [5.41, 5.74) is -0.309. The molecule has 5 nitrogen and oxygen atoms in total. The average Bonchev–Trinajstić information content (AvgIpc) is 2.76. The van der Waals surface area contributed by atoms with E-state index in [-0.39, 0.29) is 29.2 Å². The largest absolute Gasteiger partial charge is 0.416 e. The predicted molar refractivity (Wildman–Crippen MR) is 86.4 cm³/mol. The Labute approximate surface area is 148 Å². The van der Waals surface area contributed by atoms with Crippen LogP contribution in [0.1, 0.15) is 36.1 Å². The maximum absolute atomic E-state index is 13.0. The first kappa shape index (κ1) is 18.5. The number of halogens is 3. The fraction of sp³-hybridized carbons (Fsp3) is 0.294. The normalized spacial score (nSPS) is 19.3. The number of rotatable bonds is 4. The van der Waals surface area contributed by atoms with Gasteiger partial charge in [-0.25, -0.2) is 8.42 Å². The second kappa shape index (κ2) is 6.48. The molecule has 0 unspecified atom stereocenters. The SMILES string of the molecule is CC(=O)C[C@H]1c2cc(C(F)(F)F)ccc2S(=O)(=O)N1Cc1ccncc1. The van der Waals surface area contributed by atoms with E-state index in [9.17, 15) is 26.4 Å². The van der Waals surface area contributed by atoms with Gasteiger partial charge in [-0.2, -0.15) is 17.5 Å². The van der Waals surface area contributed by atoms with Gasteiger partial charge in [-0.15, -0.1) is 0 Å². The lowest BCUT2D eigenvalue weighted by molar-refractivity contribution is -0.137. The summed E-state index contributed by atoms with van der Waals surface area (Å²) in [5, 5.41) is 0. The smallest absolute Gasteiger partial charge is 0.300 e. The van der Waals surface area contributed by atoms with Crippen molar-refractivity contribution in [3.05, 3.63) is 59.4 Å². The summed E-state index contributed by atoms with van der Waals surface area (Å²) in [6.45, 7) is 1.22. The molecule has 0 N–H and O–H groups in total. The van der Waals surface area contributed by atoms with Crippen molar-refractivity contribution in [3.8, 4) is 0 Å². The molecule has 0 bridgehead atoms. The molecule has 1 aromatic heterocycles. The van der Waals surface area contributed by atoms with Gasteiger partial charge in [0, 0.05) is 25.4 Å². The van der Waals surface area contributed by atoms with Crippen molar-refractivity contribution >= 4 is 15.8 Å². The maximum Gasteiger partial charge on any atom is 0.416 e. The lowest BCUT2D eigenvalue weighted by atomic mass is 9.99. The fourth-order valence-electron chi connectivity index (χ4n) is 3.02. The highest BCUT2D eigenvalue weighted by Gasteiger charge is 2.44. The number of hydrogen-bond donors (Lipinski definition) is 0. The summed E-state index contributed by atoms with van der Waals surface area (Å²) in [7, 11) is -4.01. The van der Waals surface area contributed by atoms with Gasteiger partial charge in [-0.3, -0.25) is 9.78 Å². The second-order valence-corrected chi connectivity index (χ2v) is 7.94. The quantitative estimate of drug-likeness (QED) is 0.811. The van der Waals surface area contributed by atoms with E-state index in [0.717, 1.165) is 22.5 Å². The van der Waals surface area contributed by atoms with Crippen LogP contribution in [0.4, 0.5) is 13.2 Å². The van der Waals surface area contributed by atoms with Crippen molar-refractivity contribution in [2.75, 3.05) is 0 Å². The van der Waals surface area contributed by atoms with Gasteiger partial charge in [0.15, 0.2) is 0 Å². The number of ketones is 1. The number of benzene rings is 1. The highest BCUT2D eigenvalue weighted by Crippen LogP contribution is 2.44. The Kier molecular flexibility index (Phi) is 4.61. The van der Waals surface area contributed by atoms with Crippen LogP contribution in [0.5, 0.6) is 0 Å². The van der Waals surface area contributed by atoms with Gasteiger partial charge in [0.2, 0.25) is 10.0 Å². The van der Waals surface area contributed by atoms with Gasteiger partial charge >= 0.3 is 6.18 Å². The first-order valence-electron chi connectivity index (χ1n) is 7.72. The summed E-state index contributed by atoms with van der Waals surface area (Å²) >= 11 is 0. The number of nitrogens with zero attached hydrogens (tertiary/aromatic N) is 2. The minimum absolute atomic E-state index is 0.00378. The monoisotopic (exact) mass is 384 g/mol. The van der Waals surface area contributed by atoms with Crippen LogP contribution >= 0.6 is 0 Å². The van der Waals surface area contributed by atoms with Crippen molar-refractivity contribution in [1.29, 1.82) is 0 Å². The van der Waals surface area contributed by atoms with E-state index < -0.39 is 27.8 Å². The fourth-order valence-corrected chi connectivity index (χ4v) is 4.84. The molecule has 138 valence electrons. The van der Waals surface area contributed by atoms with Crippen LogP contribution in [-0.2, 0) is 27.5 Å². The number of pyridine rings is 1. The van der Waals surface area contributed by atoms with Crippen LogP contribution in [-0.4, -0.2) is 23.5 Å². The minimum Gasteiger partial charge on any atom is -0.300 e. The Bertz CT molecular complexity index is 943. The second-order valence-electron chi connectivity index (χ2n) is 6.08. The summed E-state index contributed by atoms with van der Waals surface area (Å²) in [6, 6.07) is 4.80. The van der Waals surface area contributed by atoms with Crippen LogP contribution < -0.4 is 0 Å². The van der Waals surface area contributed by atoms with Crippen molar-refractivity contribution in [3.63, 3.8) is 0 Å². The number of carbonyl (C=O) groups is 1. The Morgan fingerprint density at radius 1 is 1.19 bits per heavy atom. The molecule has 9 heteroatoms. The molecule has 0 aliphatic carbocycles. The third-order valence-electron chi connectivity index (χ3n) is 4.20. The third-order valence-corrected chi connectivity index (χ3v) is 6.13. The first-order chi connectivity index (χ1) is 12.1. The summed E-state index contributed by atoms with van der Waals surface area (Å²) in [5.74, 6) is -0.310. The van der Waals surface area contributed by atoms with Crippen LogP contribution in [0, 0.1) is 0 Å². The average molecular weight is 384 g/mol. The Morgan fingerprint density at radius 3 is 2.42 bits per heavy atom. The van der Waals surface area contributed by atoms with Gasteiger partial charge in [0.05, 0.1) is 16.5 Å². The molecular weight excluding hydrogens is 369 g/mol. The van der Waals surface area contributed by atoms with Crippen LogP contribution in [0.15, 0.2) is 47.6 Å². The van der Waals surface area contributed by atoms with Crippen molar-refractivity contribution < 1.29 is 26.4 Å². The van der Waals surface area contributed by atoms with Crippen LogP contribution in [0.25, 0.3) is 0 Å². The summed E-state index contributed by atoms with van der Waals surface area (Å²) in [6.07, 6.45) is -1.81. The van der Waals surface area contributed by atoms with Crippen molar-refractivity contribution in [2.24, 2.45) is 0 Å². The zero-order chi connectivity index (χ0) is 19.1. The molecule has 0 saturated carbocycles. The standard InChI is InChI=1S/C17H15F3N2O3S/c1-11(23)8-15-14-9-13(17(18,19)20)2-3-16(14)26(24,25)22(15)10-12-4-6-21-7-5-12/h2-7,9,15H,8,10H2,1H3/t15-/m0/s1. The molecule has 3 rings (SSSR count). The molecule has 0 spiro atoms. The number of Topliss-reactive ketones (excluding diaryl/α,β-unsaturated/α-hetero) is 1. The van der Waals surface area contributed by atoms with E-state index in [1.54, 1.807) is 12.1 Å². The molecule has 0 saturated heterocycles. The van der Waals surface area contributed by atoms with E-state index in [1.165, 1.54) is 19.3 Å².